The maximum atomic E-state index is 12.1. The molecular formula is C14H21N3O5S. The normalized spacial score (nSPS) is 19.1. The Morgan fingerprint density at radius 3 is 3.00 bits per heavy atom. The number of nitrogens with one attached hydrogen (secondary N) is 1. The van der Waals surface area contributed by atoms with Crippen molar-refractivity contribution in [3.05, 3.63) is 5.69 Å². The number of hydrogen-bond donors (Lipinski definition) is 1. The first-order chi connectivity index (χ1) is 11.1. The smallest absolute Gasteiger partial charge is 0.362 e. The van der Waals surface area contributed by atoms with E-state index in [2.05, 4.69) is 14.9 Å². The second-order valence-corrected chi connectivity index (χ2v) is 5.88. The molecule has 0 radical (unpaired) electrons. The van der Waals surface area contributed by atoms with Crippen LogP contribution in [0.2, 0.25) is 0 Å². The van der Waals surface area contributed by atoms with Crippen LogP contribution in [0.4, 0.5) is 5.00 Å². The fraction of sp³-hybridized carbons (Fsp3) is 0.714. The summed E-state index contributed by atoms with van der Waals surface area (Å²) in [6.07, 6.45) is 2.50. The van der Waals surface area contributed by atoms with Crippen LogP contribution in [0.3, 0.4) is 0 Å². The standard InChI is InChI=1S/C14H21N3O5S/c1-3-20-14(19)11-13(23-17-16-11)15-12(18)9(2)22-8-10-6-4-5-7-21-10/h9-10H,3-8H2,1-2H3,(H,15,18). The topological polar surface area (TPSA) is 99.6 Å². The van der Waals surface area contributed by atoms with Gasteiger partial charge in [-0.15, -0.1) is 5.10 Å². The second kappa shape index (κ2) is 8.90. The summed E-state index contributed by atoms with van der Waals surface area (Å²) >= 11 is 0.921. The highest BCUT2D eigenvalue weighted by Gasteiger charge is 2.23. The van der Waals surface area contributed by atoms with Gasteiger partial charge in [-0.25, -0.2) is 4.79 Å². The molecule has 1 N–H and O–H groups in total. The average molecular weight is 343 g/mol. The van der Waals surface area contributed by atoms with E-state index >= 15 is 0 Å². The Bertz CT molecular complexity index is 530. The van der Waals surface area contributed by atoms with Crippen LogP contribution >= 0.6 is 11.5 Å². The SMILES string of the molecule is CCOC(=O)c1nnsc1NC(=O)C(C)OCC1CCCCO1. The maximum absolute atomic E-state index is 12.1. The molecular weight excluding hydrogens is 322 g/mol. The summed E-state index contributed by atoms with van der Waals surface area (Å²) < 4.78 is 19.6. The highest BCUT2D eigenvalue weighted by Crippen LogP contribution is 2.19. The molecule has 2 atom stereocenters. The summed E-state index contributed by atoms with van der Waals surface area (Å²) in [6.45, 7) is 4.69. The number of nitrogens with zero attached hydrogens (tertiary/aromatic N) is 2. The van der Waals surface area contributed by atoms with Gasteiger partial charge >= 0.3 is 5.97 Å². The fourth-order valence-corrected chi connectivity index (χ4v) is 2.65. The van der Waals surface area contributed by atoms with Crippen LogP contribution in [0.1, 0.15) is 43.6 Å². The Hall–Kier alpha value is -1.58. The predicted molar refractivity (Wildman–Crippen MR) is 83.5 cm³/mol. The molecule has 1 aliphatic rings. The molecule has 1 amide bonds. The quantitative estimate of drug-likeness (QED) is 0.751. The van der Waals surface area contributed by atoms with Gasteiger partial charge < -0.3 is 19.5 Å². The van der Waals surface area contributed by atoms with E-state index in [-0.39, 0.29) is 29.3 Å². The largest absolute Gasteiger partial charge is 0.461 e. The molecule has 0 aliphatic carbocycles. The van der Waals surface area contributed by atoms with E-state index in [0.29, 0.717) is 6.61 Å². The first-order valence-corrected chi connectivity index (χ1v) is 8.42. The Morgan fingerprint density at radius 2 is 2.30 bits per heavy atom. The van der Waals surface area contributed by atoms with E-state index in [9.17, 15) is 9.59 Å². The lowest BCUT2D eigenvalue weighted by molar-refractivity contribution is -0.130. The van der Waals surface area contributed by atoms with Crippen LogP contribution in [0.15, 0.2) is 0 Å². The monoisotopic (exact) mass is 343 g/mol. The molecule has 2 unspecified atom stereocenters. The van der Waals surface area contributed by atoms with Gasteiger partial charge in [0.1, 0.15) is 6.10 Å². The summed E-state index contributed by atoms with van der Waals surface area (Å²) in [5.41, 5.74) is 0.00742. The van der Waals surface area contributed by atoms with Crippen LogP contribution in [-0.2, 0) is 19.0 Å². The van der Waals surface area contributed by atoms with Gasteiger partial charge in [-0.05, 0) is 33.1 Å². The molecule has 0 spiro atoms. The Labute approximate surface area is 138 Å². The third-order valence-electron chi connectivity index (χ3n) is 3.37. The summed E-state index contributed by atoms with van der Waals surface area (Å²) in [5, 5.41) is 6.55. The van der Waals surface area contributed by atoms with Crippen molar-refractivity contribution in [2.24, 2.45) is 0 Å². The molecule has 9 heteroatoms. The fourth-order valence-electron chi connectivity index (χ4n) is 2.09. The molecule has 0 aromatic carbocycles. The minimum absolute atomic E-state index is 0.00742. The highest BCUT2D eigenvalue weighted by molar-refractivity contribution is 7.10. The molecule has 1 saturated heterocycles. The van der Waals surface area contributed by atoms with Crippen molar-refractivity contribution in [2.75, 3.05) is 25.1 Å². The van der Waals surface area contributed by atoms with E-state index in [0.717, 1.165) is 37.4 Å². The Balaban J connectivity index is 1.83. The number of carbonyl (C=O) groups is 2. The van der Waals surface area contributed by atoms with Gasteiger partial charge in [-0.1, -0.05) is 4.49 Å². The number of ether oxygens (including phenoxy) is 3. The lowest BCUT2D eigenvalue weighted by Gasteiger charge is -2.23. The number of carbonyl (C=O) groups excluding carboxylic acids is 2. The van der Waals surface area contributed by atoms with Gasteiger partial charge in [-0.2, -0.15) is 0 Å². The molecule has 0 saturated carbocycles. The first kappa shape index (κ1) is 17.8. The molecule has 2 rings (SSSR count). The lowest BCUT2D eigenvalue weighted by Crippen LogP contribution is -2.32. The minimum Gasteiger partial charge on any atom is -0.461 e. The van der Waals surface area contributed by atoms with Crippen LogP contribution in [0.5, 0.6) is 0 Å². The Kier molecular flexibility index (Phi) is 6.87. The summed E-state index contributed by atoms with van der Waals surface area (Å²) in [4.78, 5) is 23.8. The molecule has 128 valence electrons. The van der Waals surface area contributed by atoms with E-state index in [1.807, 2.05) is 0 Å². The third kappa shape index (κ3) is 5.22. The molecule has 1 aliphatic heterocycles. The van der Waals surface area contributed by atoms with E-state index < -0.39 is 12.1 Å². The summed E-state index contributed by atoms with van der Waals surface area (Å²) in [6, 6.07) is 0. The van der Waals surface area contributed by atoms with Crippen LogP contribution in [0, 0.1) is 0 Å². The van der Waals surface area contributed by atoms with Crippen molar-refractivity contribution in [3.8, 4) is 0 Å². The van der Waals surface area contributed by atoms with Crippen LogP contribution < -0.4 is 5.32 Å². The molecule has 1 aromatic heterocycles. The van der Waals surface area contributed by atoms with Gasteiger partial charge in [0.05, 0.1) is 19.3 Å². The zero-order chi connectivity index (χ0) is 16.7. The van der Waals surface area contributed by atoms with Gasteiger partial charge in [-0.3, -0.25) is 4.79 Å². The highest BCUT2D eigenvalue weighted by atomic mass is 32.1. The molecule has 0 bridgehead atoms. The average Bonchev–Trinajstić information content (AvgIpc) is 3.02. The zero-order valence-electron chi connectivity index (χ0n) is 13.2. The van der Waals surface area contributed by atoms with Gasteiger partial charge in [0.2, 0.25) is 5.69 Å². The van der Waals surface area contributed by atoms with Crippen molar-refractivity contribution in [3.63, 3.8) is 0 Å². The number of amides is 1. The van der Waals surface area contributed by atoms with Gasteiger partial charge in [0.15, 0.2) is 5.00 Å². The number of anilines is 1. The van der Waals surface area contributed by atoms with Gasteiger partial charge in [0.25, 0.3) is 5.91 Å². The summed E-state index contributed by atoms with van der Waals surface area (Å²) in [7, 11) is 0. The van der Waals surface area contributed by atoms with Crippen LogP contribution in [-0.4, -0.2) is 53.5 Å². The van der Waals surface area contributed by atoms with Crippen molar-refractivity contribution in [1.29, 1.82) is 0 Å². The first-order valence-electron chi connectivity index (χ1n) is 7.65. The third-order valence-corrected chi connectivity index (χ3v) is 4.01. The van der Waals surface area contributed by atoms with Crippen molar-refractivity contribution < 1.29 is 23.8 Å². The molecule has 8 nitrogen and oxygen atoms in total. The zero-order valence-corrected chi connectivity index (χ0v) is 14.1. The maximum Gasteiger partial charge on any atom is 0.362 e. The summed E-state index contributed by atoms with van der Waals surface area (Å²) in [5.74, 6) is -0.974. The molecule has 2 heterocycles. The number of aromatic nitrogens is 2. The van der Waals surface area contributed by atoms with E-state index in [1.54, 1.807) is 13.8 Å². The Morgan fingerprint density at radius 1 is 1.48 bits per heavy atom. The van der Waals surface area contributed by atoms with Crippen molar-refractivity contribution >= 4 is 28.4 Å². The van der Waals surface area contributed by atoms with E-state index in [1.165, 1.54) is 0 Å². The van der Waals surface area contributed by atoms with Crippen molar-refractivity contribution in [1.82, 2.24) is 9.59 Å². The second-order valence-electron chi connectivity index (χ2n) is 5.12. The number of hydrogen-bond acceptors (Lipinski definition) is 8. The molecule has 23 heavy (non-hydrogen) atoms. The van der Waals surface area contributed by atoms with E-state index in [4.69, 9.17) is 14.2 Å². The number of rotatable bonds is 7. The van der Waals surface area contributed by atoms with Crippen molar-refractivity contribution in [2.45, 2.75) is 45.3 Å². The molecule has 1 aromatic rings. The predicted octanol–water partition coefficient (Wildman–Crippen LogP) is 1.63. The number of esters is 1. The lowest BCUT2D eigenvalue weighted by atomic mass is 10.1. The minimum atomic E-state index is -0.669. The molecule has 1 fully saturated rings. The van der Waals surface area contributed by atoms with Gasteiger partial charge in [0, 0.05) is 18.1 Å². The van der Waals surface area contributed by atoms with Crippen LogP contribution in [0.25, 0.3) is 0 Å².